The zero-order valence-electron chi connectivity index (χ0n) is 10.3. The molecule has 0 bridgehead atoms. The highest BCUT2D eigenvalue weighted by atomic mass is 32.2. The topological polar surface area (TPSA) is 0 Å². The summed E-state index contributed by atoms with van der Waals surface area (Å²) in [7, 11) is 0. The molecule has 0 amide bonds. The second-order valence-corrected chi connectivity index (χ2v) is 5.70. The maximum Gasteiger partial charge on any atom is 0.0194 e. The van der Waals surface area contributed by atoms with Crippen molar-refractivity contribution in [1.29, 1.82) is 0 Å². The Labute approximate surface area is 107 Å². The molecule has 0 spiro atoms. The van der Waals surface area contributed by atoms with E-state index in [1.807, 2.05) is 11.8 Å². The maximum atomic E-state index is 2.27. The van der Waals surface area contributed by atoms with Crippen LogP contribution < -0.4 is 0 Å². The maximum absolute atomic E-state index is 2.27. The van der Waals surface area contributed by atoms with Crippen molar-refractivity contribution in [1.82, 2.24) is 0 Å². The first-order chi connectivity index (χ1) is 8.27. The van der Waals surface area contributed by atoms with Crippen LogP contribution in [0.1, 0.15) is 22.3 Å². The first-order valence-corrected chi connectivity index (χ1v) is 7.18. The first kappa shape index (κ1) is 10.9. The standard InChI is InChI=1S/C16H16S/c1-11-5-3-7-13-9-17-10-14-8-4-6-12(2)16(14)15(11)13/h3-8H,9-10H2,1-2H3. The number of hydrogen-bond acceptors (Lipinski definition) is 1. The molecular weight excluding hydrogens is 224 g/mol. The third-order valence-corrected chi connectivity index (χ3v) is 4.51. The van der Waals surface area contributed by atoms with Crippen molar-refractivity contribution < 1.29 is 0 Å². The van der Waals surface area contributed by atoms with Crippen molar-refractivity contribution in [2.24, 2.45) is 0 Å². The Morgan fingerprint density at radius 1 is 0.765 bits per heavy atom. The van der Waals surface area contributed by atoms with Gasteiger partial charge in [0.2, 0.25) is 0 Å². The average Bonchev–Trinajstić information content (AvgIpc) is 2.50. The minimum atomic E-state index is 1.13. The lowest BCUT2D eigenvalue weighted by Crippen LogP contribution is -1.94. The van der Waals surface area contributed by atoms with Crippen LogP contribution in [0.15, 0.2) is 36.4 Å². The van der Waals surface area contributed by atoms with E-state index < -0.39 is 0 Å². The third-order valence-electron chi connectivity index (χ3n) is 3.48. The van der Waals surface area contributed by atoms with Gasteiger partial charge in [0.05, 0.1) is 0 Å². The highest BCUT2D eigenvalue weighted by Gasteiger charge is 2.17. The molecule has 0 radical (unpaired) electrons. The van der Waals surface area contributed by atoms with Crippen molar-refractivity contribution in [2.45, 2.75) is 25.4 Å². The highest BCUT2D eigenvalue weighted by molar-refractivity contribution is 7.97. The fourth-order valence-corrected chi connectivity index (χ4v) is 3.71. The lowest BCUT2D eigenvalue weighted by molar-refractivity contribution is 1.32. The summed E-state index contributed by atoms with van der Waals surface area (Å²) < 4.78 is 0. The summed E-state index contributed by atoms with van der Waals surface area (Å²) >= 11 is 2.02. The number of rotatable bonds is 0. The van der Waals surface area contributed by atoms with E-state index in [2.05, 4.69) is 50.2 Å². The summed E-state index contributed by atoms with van der Waals surface area (Å²) in [5.74, 6) is 2.26. The van der Waals surface area contributed by atoms with E-state index in [1.54, 1.807) is 0 Å². The Hall–Kier alpha value is -1.21. The van der Waals surface area contributed by atoms with Crippen LogP contribution >= 0.6 is 11.8 Å². The second kappa shape index (κ2) is 4.23. The van der Waals surface area contributed by atoms with Gasteiger partial charge in [-0.3, -0.25) is 0 Å². The summed E-state index contributed by atoms with van der Waals surface area (Å²) in [6, 6.07) is 13.4. The van der Waals surface area contributed by atoms with E-state index >= 15 is 0 Å². The summed E-state index contributed by atoms with van der Waals surface area (Å²) in [5, 5.41) is 0. The van der Waals surface area contributed by atoms with Crippen molar-refractivity contribution in [3.8, 4) is 11.1 Å². The largest absolute Gasteiger partial charge is 0.152 e. The number of fused-ring (bicyclic) bond motifs is 3. The summed E-state index contributed by atoms with van der Waals surface area (Å²) in [5.41, 5.74) is 8.74. The van der Waals surface area contributed by atoms with E-state index in [9.17, 15) is 0 Å². The highest BCUT2D eigenvalue weighted by Crippen LogP contribution is 2.39. The van der Waals surface area contributed by atoms with Crippen LogP contribution in [0, 0.1) is 13.8 Å². The van der Waals surface area contributed by atoms with Gasteiger partial charge in [-0.2, -0.15) is 11.8 Å². The van der Waals surface area contributed by atoms with Gasteiger partial charge in [0.15, 0.2) is 0 Å². The van der Waals surface area contributed by atoms with Gasteiger partial charge in [-0.25, -0.2) is 0 Å². The zero-order chi connectivity index (χ0) is 11.8. The van der Waals surface area contributed by atoms with Gasteiger partial charge in [-0.1, -0.05) is 36.4 Å². The molecule has 2 aromatic rings. The van der Waals surface area contributed by atoms with Crippen LogP contribution in [-0.2, 0) is 11.5 Å². The van der Waals surface area contributed by atoms with Crippen LogP contribution in [0.3, 0.4) is 0 Å². The Morgan fingerprint density at radius 2 is 1.24 bits per heavy atom. The van der Waals surface area contributed by atoms with Crippen LogP contribution in [-0.4, -0.2) is 0 Å². The molecule has 86 valence electrons. The minimum absolute atomic E-state index is 1.13. The molecule has 2 aromatic carbocycles. The van der Waals surface area contributed by atoms with E-state index in [0.29, 0.717) is 0 Å². The van der Waals surface area contributed by atoms with Crippen LogP contribution in [0.5, 0.6) is 0 Å². The molecule has 1 aliphatic heterocycles. The molecule has 3 rings (SSSR count). The average molecular weight is 240 g/mol. The minimum Gasteiger partial charge on any atom is -0.152 e. The zero-order valence-corrected chi connectivity index (χ0v) is 11.1. The van der Waals surface area contributed by atoms with Gasteiger partial charge < -0.3 is 0 Å². The van der Waals surface area contributed by atoms with Crippen molar-refractivity contribution in [3.63, 3.8) is 0 Å². The van der Waals surface area contributed by atoms with E-state index in [4.69, 9.17) is 0 Å². The monoisotopic (exact) mass is 240 g/mol. The molecule has 0 N–H and O–H groups in total. The molecule has 0 nitrogen and oxygen atoms in total. The van der Waals surface area contributed by atoms with E-state index in [0.717, 1.165) is 11.5 Å². The molecule has 17 heavy (non-hydrogen) atoms. The second-order valence-electron chi connectivity index (χ2n) is 4.71. The molecule has 0 unspecified atom stereocenters. The quantitative estimate of drug-likeness (QED) is 0.642. The van der Waals surface area contributed by atoms with Gasteiger partial charge in [0, 0.05) is 11.5 Å². The number of benzene rings is 2. The molecule has 0 aliphatic carbocycles. The molecule has 1 heterocycles. The van der Waals surface area contributed by atoms with Crippen LogP contribution in [0.4, 0.5) is 0 Å². The van der Waals surface area contributed by atoms with Gasteiger partial charge >= 0.3 is 0 Å². The van der Waals surface area contributed by atoms with E-state index in [-0.39, 0.29) is 0 Å². The lowest BCUT2D eigenvalue weighted by Gasteiger charge is -2.14. The molecular formula is C16H16S. The third kappa shape index (κ3) is 1.79. The molecule has 0 fully saturated rings. The van der Waals surface area contributed by atoms with Crippen molar-refractivity contribution >= 4 is 11.8 Å². The summed E-state index contributed by atoms with van der Waals surface area (Å²) in [6.07, 6.45) is 0. The predicted molar refractivity (Wildman–Crippen MR) is 76.4 cm³/mol. The van der Waals surface area contributed by atoms with Gasteiger partial charge in [0.1, 0.15) is 0 Å². The first-order valence-electron chi connectivity index (χ1n) is 6.02. The lowest BCUT2D eigenvalue weighted by atomic mass is 9.90. The Morgan fingerprint density at radius 3 is 1.71 bits per heavy atom. The molecule has 0 saturated carbocycles. The van der Waals surface area contributed by atoms with Crippen LogP contribution in [0.2, 0.25) is 0 Å². The Bertz CT molecular complexity index is 518. The van der Waals surface area contributed by atoms with Gasteiger partial charge in [-0.15, -0.1) is 0 Å². The number of aryl methyl sites for hydroxylation is 2. The molecule has 0 saturated heterocycles. The Kier molecular flexibility index (Phi) is 2.71. The number of hydrogen-bond donors (Lipinski definition) is 0. The summed E-state index contributed by atoms with van der Waals surface area (Å²) in [4.78, 5) is 0. The van der Waals surface area contributed by atoms with Gasteiger partial charge in [0.25, 0.3) is 0 Å². The SMILES string of the molecule is Cc1cccc2c1-c1c(C)cccc1CSC2. The Balaban J connectivity index is 2.37. The van der Waals surface area contributed by atoms with E-state index in [1.165, 1.54) is 33.4 Å². The fraction of sp³-hybridized carbons (Fsp3) is 0.250. The fourth-order valence-electron chi connectivity index (χ4n) is 2.68. The van der Waals surface area contributed by atoms with Crippen molar-refractivity contribution in [3.05, 3.63) is 58.7 Å². The molecule has 0 aromatic heterocycles. The predicted octanol–water partition coefficient (Wildman–Crippen LogP) is 4.72. The smallest absolute Gasteiger partial charge is 0.0194 e. The normalized spacial score (nSPS) is 13.8. The molecule has 1 aliphatic rings. The number of thioether (sulfide) groups is 1. The molecule has 1 heteroatoms. The van der Waals surface area contributed by atoms with Crippen LogP contribution in [0.25, 0.3) is 11.1 Å². The summed E-state index contributed by atoms with van der Waals surface area (Å²) in [6.45, 7) is 4.45. The molecule has 0 atom stereocenters. The van der Waals surface area contributed by atoms with Gasteiger partial charge in [-0.05, 0) is 47.2 Å². The van der Waals surface area contributed by atoms with Crippen molar-refractivity contribution in [2.75, 3.05) is 0 Å².